The summed E-state index contributed by atoms with van der Waals surface area (Å²) in [6, 6.07) is 0. The highest BCUT2D eigenvalue weighted by molar-refractivity contribution is 7.91. The highest BCUT2D eigenvalue weighted by atomic mass is 32.2. The van der Waals surface area contributed by atoms with Crippen molar-refractivity contribution in [3.05, 3.63) is 0 Å². The molecule has 1 fully saturated rings. The Bertz CT molecular complexity index is 335. The van der Waals surface area contributed by atoms with Crippen LogP contribution in [0.15, 0.2) is 0 Å². The van der Waals surface area contributed by atoms with Crippen LogP contribution in [-0.2, 0) is 14.6 Å². The van der Waals surface area contributed by atoms with Crippen LogP contribution in [0.3, 0.4) is 0 Å². The fraction of sp³-hybridized carbons (Fsp3) is 0.909. The second kappa shape index (κ2) is 6.96. The molecule has 0 aromatic heterocycles. The van der Waals surface area contributed by atoms with Crippen LogP contribution in [0.5, 0.6) is 0 Å². The van der Waals surface area contributed by atoms with Crippen molar-refractivity contribution >= 4 is 15.7 Å². The highest BCUT2D eigenvalue weighted by Crippen LogP contribution is 2.08. The molecule has 0 radical (unpaired) electrons. The van der Waals surface area contributed by atoms with Gasteiger partial charge in [0.25, 0.3) is 0 Å². The van der Waals surface area contributed by atoms with Crippen molar-refractivity contribution in [2.45, 2.75) is 26.2 Å². The summed E-state index contributed by atoms with van der Waals surface area (Å²) >= 11 is 0. The topological polar surface area (TPSA) is 66.5 Å². The molecule has 5 nitrogen and oxygen atoms in total. The molecule has 1 saturated heterocycles. The van der Waals surface area contributed by atoms with Gasteiger partial charge in [-0.25, -0.2) is 8.42 Å². The van der Waals surface area contributed by atoms with Crippen molar-refractivity contribution in [1.29, 1.82) is 0 Å². The molecule has 0 spiro atoms. The second-order valence-electron chi connectivity index (χ2n) is 4.32. The summed E-state index contributed by atoms with van der Waals surface area (Å²) in [4.78, 5) is 13.5. The minimum Gasteiger partial charge on any atom is -0.343 e. The predicted octanol–water partition coefficient (Wildman–Crippen LogP) is 0.0232. The quantitative estimate of drug-likeness (QED) is 0.657. The van der Waals surface area contributed by atoms with E-state index in [4.69, 9.17) is 0 Å². The van der Waals surface area contributed by atoms with E-state index >= 15 is 0 Å². The lowest BCUT2D eigenvalue weighted by molar-refractivity contribution is -0.130. The van der Waals surface area contributed by atoms with Gasteiger partial charge >= 0.3 is 0 Å². The maximum Gasteiger partial charge on any atom is 0.223 e. The molecule has 100 valence electrons. The molecule has 0 atom stereocenters. The number of carbonyl (C=O) groups is 1. The fourth-order valence-electron chi connectivity index (χ4n) is 1.82. The molecule has 1 heterocycles. The van der Waals surface area contributed by atoms with Gasteiger partial charge in [-0.1, -0.05) is 6.92 Å². The van der Waals surface area contributed by atoms with Gasteiger partial charge in [-0.15, -0.1) is 0 Å². The van der Waals surface area contributed by atoms with E-state index in [1.54, 1.807) is 6.92 Å². The second-order valence-corrected chi connectivity index (χ2v) is 6.80. The number of amides is 1. The normalized spacial score (nSPS) is 16.4. The Morgan fingerprint density at radius 1 is 1.24 bits per heavy atom. The van der Waals surface area contributed by atoms with Crippen molar-refractivity contribution in [3.8, 4) is 0 Å². The summed E-state index contributed by atoms with van der Waals surface area (Å²) in [5.74, 6) is 0.511. The summed E-state index contributed by atoms with van der Waals surface area (Å²) < 4.78 is 22.4. The van der Waals surface area contributed by atoms with Gasteiger partial charge in [0.1, 0.15) is 0 Å². The van der Waals surface area contributed by atoms with E-state index in [2.05, 4.69) is 5.32 Å². The van der Waals surface area contributed by atoms with E-state index in [0.29, 0.717) is 19.5 Å². The first kappa shape index (κ1) is 14.4. The minimum atomic E-state index is -2.89. The monoisotopic (exact) mass is 262 g/mol. The number of nitrogens with one attached hydrogen (secondary N) is 1. The van der Waals surface area contributed by atoms with E-state index in [-0.39, 0.29) is 17.4 Å². The summed E-state index contributed by atoms with van der Waals surface area (Å²) in [5, 5.41) is 3.00. The van der Waals surface area contributed by atoms with Crippen molar-refractivity contribution in [2.75, 3.05) is 37.7 Å². The predicted molar refractivity (Wildman–Crippen MR) is 67.6 cm³/mol. The maximum absolute atomic E-state index is 11.6. The Morgan fingerprint density at radius 3 is 2.47 bits per heavy atom. The summed E-state index contributed by atoms with van der Waals surface area (Å²) in [7, 11) is -2.89. The van der Waals surface area contributed by atoms with Crippen LogP contribution >= 0.6 is 0 Å². The number of likely N-dealkylation sites (tertiary alicyclic amines) is 1. The standard InChI is InChI=1S/C11H22N2O3S/c1-2-17(15,16)10-7-12-6-5-11(14)13-8-3-4-9-13/h12H,2-10H2,1H3. The van der Waals surface area contributed by atoms with Crippen LogP contribution in [0.25, 0.3) is 0 Å². The van der Waals surface area contributed by atoms with Crippen molar-refractivity contribution in [1.82, 2.24) is 10.2 Å². The molecule has 1 aliphatic heterocycles. The molecule has 0 unspecified atom stereocenters. The van der Waals surface area contributed by atoms with Gasteiger partial charge in [-0.05, 0) is 12.8 Å². The third-order valence-corrected chi connectivity index (χ3v) is 4.71. The number of carbonyl (C=O) groups excluding carboxylic acids is 1. The third kappa shape index (κ3) is 5.50. The van der Waals surface area contributed by atoms with E-state index in [9.17, 15) is 13.2 Å². The first-order valence-electron chi connectivity index (χ1n) is 6.24. The van der Waals surface area contributed by atoms with Crippen molar-refractivity contribution in [3.63, 3.8) is 0 Å². The zero-order valence-corrected chi connectivity index (χ0v) is 11.3. The van der Waals surface area contributed by atoms with Crippen LogP contribution in [0.1, 0.15) is 26.2 Å². The molecule has 0 aliphatic carbocycles. The van der Waals surface area contributed by atoms with Gasteiger partial charge in [0.15, 0.2) is 9.84 Å². The maximum atomic E-state index is 11.6. The van der Waals surface area contributed by atoms with Crippen LogP contribution in [0.2, 0.25) is 0 Å². The van der Waals surface area contributed by atoms with E-state index in [1.165, 1.54) is 0 Å². The Balaban J connectivity index is 2.06. The highest BCUT2D eigenvalue weighted by Gasteiger charge is 2.16. The van der Waals surface area contributed by atoms with E-state index in [0.717, 1.165) is 25.9 Å². The first-order valence-corrected chi connectivity index (χ1v) is 8.06. The van der Waals surface area contributed by atoms with E-state index < -0.39 is 9.84 Å². The molecule has 0 bridgehead atoms. The van der Waals surface area contributed by atoms with Crippen molar-refractivity contribution < 1.29 is 13.2 Å². The fourth-order valence-corrected chi connectivity index (χ4v) is 2.56. The summed E-state index contributed by atoms with van der Waals surface area (Å²) in [6.45, 7) is 4.40. The zero-order chi connectivity index (χ0) is 12.7. The number of rotatable bonds is 7. The number of nitrogens with zero attached hydrogens (tertiary/aromatic N) is 1. The van der Waals surface area contributed by atoms with Gasteiger partial charge in [-0.2, -0.15) is 0 Å². The Labute approximate surface area is 103 Å². The minimum absolute atomic E-state index is 0.154. The Kier molecular flexibility index (Phi) is 5.91. The molecule has 17 heavy (non-hydrogen) atoms. The lowest BCUT2D eigenvalue weighted by atomic mass is 10.3. The largest absolute Gasteiger partial charge is 0.343 e. The average molecular weight is 262 g/mol. The summed E-state index contributed by atoms with van der Waals surface area (Å²) in [5.41, 5.74) is 0. The molecule has 1 aliphatic rings. The molecule has 0 saturated carbocycles. The molecular formula is C11H22N2O3S. The Hall–Kier alpha value is -0.620. The van der Waals surface area contributed by atoms with Crippen molar-refractivity contribution in [2.24, 2.45) is 0 Å². The molecule has 6 heteroatoms. The average Bonchev–Trinajstić information content (AvgIpc) is 2.82. The number of hydrogen-bond acceptors (Lipinski definition) is 4. The van der Waals surface area contributed by atoms with Crippen LogP contribution < -0.4 is 5.32 Å². The molecule has 0 aromatic carbocycles. The van der Waals surface area contributed by atoms with E-state index in [1.807, 2.05) is 4.90 Å². The molecule has 1 rings (SSSR count). The lowest BCUT2D eigenvalue weighted by Gasteiger charge is -2.15. The smallest absolute Gasteiger partial charge is 0.223 e. The molecular weight excluding hydrogens is 240 g/mol. The van der Waals surface area contributed by atoms with Gasteiger partial charge in [0, 0.05) is 38.4 Å². The van der Waals surface area contributed by atoms with Crippen LogP contribution in [0.4, 0.5) is 0 Å². The molecule has 0 aromatic rings. The van der Waals surface area contributed by atoms with Gasteiger partial charge in [0.05, 0.1) is 5.75 Å². The Morgan fingerprint density at radius 2 is 1.88 bits per heavy atom. The SMILES string of the molecule is CCS(=O)(=O)CCNCCC(=O)N1CCCC1. The number of hydrogen-bond donors (Lipinski definition) is 1. The van der Waals surface area contributed by atoms with Crippen LogP contribution in [-0.4, -0.2) is 56.9 Å². The van der Waals surface area contributed by atoms with Crippen LogP contribution in [0, 0.1) is 0 Å². The zero-order valence-electron chi connectivity index (χ0n) is 10.4. The third-order valence-electron chi connectivity index (χ3n) is 3.00. The first-order chi connectivity index (χ1) is 8.05. The summed E-state index contributed by atoms with van der Waals surface area (Å²) in [6.07, 6.45) is 2.67. The molecule has 1 amide bonds. The lowest BCUT2D eigenvalue weighted by Crippen LogP contribution is -2.32. The van der Waals surface area contributed by atoms with Gasteiger partial charge in [0.2, 0.25) is 5.91 Å². The van der Waals surface area contributed by atoms with Gasteiger partial charge < -0.3 is 10.2 Å². The molecule has 1 N–H and O–H groups in total. The number of sulfone groups is 1. The van der Waals surface area contributed by atoms with Gasteiger partial charge in [-0.3, -0.25) is 4.79 Å².